The number of nitrogens with zero attached hydrogens (tertiary/aromatic N) is 2. The van der Waals surface area contributed by atoms with Crippen LogP contribution in [0, 0.1) is 0 Å². The Labute approximate surface area is 159 Å². The molecule has 2 amide bonds. The zero-order valence-electron chi connectivity index (χ0n) is 14.0. The zero-order valence-corrected chi connectivity index (χ0v) is 15.5. The maximum Gasteiger partial charge on any atom is 0.343 e. The monoisotopic (exact) mass is 398 g/mol. The first-order valence-corrected chi connectivity index (χ1v) is 8.31. The minimum atomic E-state index is -0.604. The molecule has 0 aliphatic rings. The maximum atomic E-state index is 12.1. The van der Waals surface area contributed by atoms with E-state index in [9.17, 15) is 14.4 Å². The second-order valence-corrected chi connectivity index (χ2v) is 5.95. The number of nitrogens with one attached hydrogen (secondary N) is 2. The van der Waals surface area contributed by atoms with Gasteiger partial charge >= 0.3 is 5.97 Å². The summed E-state index contributed by atoms with van der Waals surface area (Å²) in [5.74, 6) is -1.50. The first-order chi connectivity index (χ1) is 12.3. The Kier molecular flexibility index (Phi) is 6.59. The van der Waals surface area contributed by atoms with Crippen LogP contribution in [0.3, 0.4) is 0 Å². The third-order valence-corrected chi connectivity index (χ3v) is 3.82. The molecule has 1 aromatic carbocycles. The molecule has 2 aromatic rings. The molecule has 26 heavy (non-hydrogen) atoms. The Balaban J connectivity index is 2.00. The summed E-state index contributed by atoms with van der Waals surface area (Å²) in [5.41, 5.74) is 0.311. The SMILES string of the molecule is CCOC(=O)c1cnn(C)c1NC(=O)CNC(=O)c1ccc(Cl)cc1Cl. The minimum Gasteiger partial charge on any atom is -0.462 e. The van der Waals surface area contributed by atoms with Gasteiger partial charge in [-0.25, -0.2) is 4.79 Å². The second-order valence-electron chi connectivity index (χ2n) is 5.11. The number of rotatable bonds is 6. The summed E-state index contributed by atoms with van der Waals surface area (Å²) in [5, 5.41) is 9.45. The summed E-state index contributed by atoms with van der Waals surface area (Å²) in [4.78, 5) is 36.1. The topological polar surface area (TPSA) is 102 Å². The second kappa shape index (κ2) is 8.68. The van der Waals surface area contributed by atoms with Gasteiger partial charge in [0.1, 0.15) is 11.4 Å². The van der Waals surface area contributed by atoms with Gasteiger partial charge in [-0.05, 0) is 25.1 Å². The van der Waals surface area contributed by atoms with Crippen molar-refractivity contribution in [3.8, 4) is 0 Å². The van der Waals surface area contributed by atoms with E-state index in [0.29, 0.717) is 5.02 Å². The van der Waals surface area contributed by atoms with E-state index < -0.39 is 17.8 Å². The molecule has 8 nitrogen and oxygen atoms in total. The number of anilines is 1. The standard InChI is InChI=1S/C16H16Cl2N4O4/c1-3-26-16(25)11-7-20-22(2)14(11)21-13(23)8-19-15(24)10-5-4-9(17)6-12(10)18/h4-7H,3,8H2,1-2H3,(H,19,24)(H,21,23). The van der Waals surface area contributed by atoms with Crippen molar-refractivity contribution in [3.63, 3.8) is 0 Å². The molecule has 10 heteroatoms. The van der Waals surface area contributed by atoms with Crippen molar-refractivity contribution in [1.29, 1.82) is 0 Å². The number of carbonyl (C=O) groups excluding carboxylic acids is 3. The number of hydrogen-bond donors (Lipinski definition) is 2. The predicted molar refractivity (Wildman–Crippen MR) is 96.6 cm³/mol. The molecule has 2 N–H and O–H groups in total. The van der Waals surface area contributed by atoms with E-state index in [1.807, 2.05) is 0 Å². The predicted octanol–water partition coefficient (Wildman–Crippen LogP) is 2.27. The molecule has 0 aliphatic carbocycles. The van der Waals surface area contributed by atoms with Crippen LogP contribution < -0.4 is 10.6 Å². The van der Waals surface area contributed by atoms with Crippen molar-refractivity contribution in [2.45, 2.75) is 6.92 Å². The third kappa shape index (κ3) is 4.74. The van der Waals surface area contributed by atoms with E-state index in [1.54, 1.807) is 14.0 Å². The highest BCUT2D eigenvalue weighted by molar-refractivity contribution is 6.36. The number of hydrogen-bond acceptors (Lipinski definition) is 5. The highest BCUT2D eigenvalue weighted by Gasteiger charge is 2.19. The first-order valence-electron chi connectivity index (χ1n) is 7.55. The Morgan fingerprint density at radius 3 is 2.62 bits per heavy atom. The summed E-state index contributed by atoms with van der Waals surface area (Å²) in [6.45, 7) is 1.54. The quantitative estimate of drug-likeness (QED) is 0.726. The van der Waals surface area contributed by atoms with Gasteiger partial charge in [0.2, 0.25) is 5.91 Å². The van der Waals surface area contributed by atoms with Crippen LogP contribution in [0.5, 0.6) is 0 Å². The van der Waals surface area contributed by atoms with E-state index >= 15 is 0 Å². The zero-order chi connectivity index (χ0) is 19.3. The fraction of sp³-hybridized carbons (Fsp3) is 0.250. The van der Waals surface area contributed by atoms with Gasteiger partial charge in [-0.2, -0.15) is 5.10 Å². The van der Waals surface area contributed by atoms with E-state index in [0.717, 1.165) is 0 Å². The molecule has 0 atom stereocenters. The maximum absolute atomic E-state index is 12.1. The van der Waals surface area contributed by atoms with Crippen LogP contribution in [0.4, 0.5) is 5.82 Å². The normalized spacial score (nSPS) is 10.3. The molecule has 0 saturated carbocycles. The molecular weight excluding hydrogens is 383 g/mol. The summed E-state index contributed by atoms with van der Waals surface area (Å²) >= 11 is 11.7. The molecule has 0 unspecified atom stereocenters. The molecule has 1 heterocycles. The van der Waals surface area contributed by atoms with Crippen LogP contribution in [0.15, 0.2) is 24.4 Å². The Morgan fingerprint density at radius 2 is 1.96 bits per heavy atom. The van der Waals surface area contributed by atoms with Gasteiger partial charge in [0.15, 0.2) is 0 Å². The molecule has 0 spiro atoms. The number of halogens is 2. The van der Waals surface area contributed by atoms with Crippen LogP contribution in [0.1, 0.15) is 27.6 Å². The number of carbonyl (C=O) groups is 3. The largest absolute Gasteiger partial charge is 0.462 e. The van der Waals surface area contributed by atoms with Crippen molar-refractivity contribution in [2.75, 3.05) is 18.5 Å². The fourth-order valence-corrected chi connectivity index (χ4v) is 2.54. The number of benzene rings is 1. The smallest absolute Gasteiger partial charge is 0.343 e. The fourth-order valence-electron chi connectivity index (χ4n) is 2.05. The lowest BCUT2D eigenvalue weighted by atomic mass is 10.2. The van der Waals surface area contributed by atoms with Gasteiger partial charge in [-0.15, -0.1) is 0 Å². The molecule has 0 bridgehead atoms. The summed E-state index contributed by atoms with van der Waals surface area (Å²) in [6.07, 6.45) is 1.29. The first kappa shape index (κ1) is 19.7. The van der Waals surface area contributed by atoms with Crippen LogP contribution in [-0.4, -0.2) is 40.7 Å². The molecule has 1 aromatic heterocycles. The molecule has 0 fully saturated rings. The van der Waals surface area contributed by atoms with E-state index in [-0.39, 0.29) is 35.1 Å². The van der Waals surface area contributed by atoms with Gasteiger partial charge in [0, 0.05) is 12.1 Å². The molecular formula is C16H16Cl2N4O4. The van der Waals surface area contributed by atoms with Gasteiger partial charge < -0.3 is 15.4 Å². The van der Waals surface area contributed by atoms with E-state index in [2.05, 4.69) is 15.7 Å². The minimum absolute atomic E-state index is 0.120. The molecule has 0 aliphatic heterocycles. The van der Waals surface area contributed by atoms with Gasteiger partial charge in [-0.1, -0.05) is 23.2 Å². The average molecular weight is 399 g/mol. The van der Waals surface area contributed by atoms with E-state index in [4.69, 9.17) is 27.9 Å². The summed E-state index contributed by atoms with van der Waals surface area (Å²) in [7, 11) is 1.56. The highest BCUT2D eigenvalue weighted by atomic mass is 35.5. The summed E-state index contributed by atoms with van der Waals surface area (Å²) < 4.78 is 6.23. The lowest BCUT2D eigenvalue weighted by Gasteiger charge is -2.10. The summed E-state index contributed by atoms with van der Waals surface area (Å²) in [6, 6.07) is 4.40. The third-order valence-electron chi connectivity index (χ3n) is 3.28. The van der Waals surface area contributed by atoms with Crippen molar-refractivity contribution < 1.29 is 19.1 Å². The van der Waals surface area contributed by atoms with E-state index in [1.165, 1.54) is 29.1 Å². The van der Waals surface area contributed by atoms with Crippen molar-refractivity contribution in [3.05, 3.63) is 45.6 Å². The molecule has 0 radical (unpaired) electrons. The van der Waals surface area contributed by atoms with Gasteiger partial charge in [0.05, 0.1) is 29.9 Å². The number of aryl methyl sites for hydroxylation is 1. The highest BCUT2D eigenvalue weighted by Crippen LogP contribution is 2.20. The lowest BCUT2D eigenvalue weighted by Crippen LogP contribution is -2.33. The molecule has 138 valence electrons. The Morgan fingerprint density at radius 1 is 1.23 bits per heavy atom. The molecule has 2 rings (SSSR count). The van der Waals surface area contributed by atoms with Gasteiger partial charge in [0.25, 0.3) is 5.91 Å². The van der Waals surface area contributed by atoms with Crippen LogP contribution in [0.25, 0.3) is 0 Å². The van der Waals surface area contributed by atoms with Crippen LogP contribution in [0.2, 0.25) is 10.0 Å². The number of amides is 2. The Bertz CT molecular complexity index is 851. The Hall–Kier alpha value is -2.58. The number of esters is 1. The van der Waals surface area contributed by atoms with Crippen molar-refractivity contribution in [2.24, 2.45) is 7.05 Å². The molecule has 0 saturated heterocycles. The van der Waals surface area contributed by atoms with Crippen LogP contribution >= 0.6 is 23.2 Å². The van der Waals surface area contributed by atoms with Crippen molar-refractivity contribution >= 4 is 46.8 Å². The van der Waals surface area contributed by atoms with Crippen LogP contribution in [-0.2, 0) is 16.6 Å². The average Bonchev–Trinajstić information content (AvgIpc) is 2.94. The number of aromatic nitrogens is 2. The lowest BCUT2D eigenvalue weighted by molar-refractivity contribution is -0.115. The number of ether oxygens (including phenoxy) is 1. The van der Waals surface area contributed by atoms with Crippen molar-refractivity contribution in [1.82, 2.24) is 15.1 Å². The van der Waals surface area contributed by atoms with Gasteiger partial charge in [-0.3, -0.25) is 14.3 Å².